The molecule has 0 radical (unpaired) electrons. The van der Waals surface area contributed by atoms with Crippen LogP contribution in [-0.2, 0) is 6.42 Å². The van der Waals surface area contributed by atoms with Gasteiger partial charge in [-0.05, 0) is 54.2 Å². The molecule has 0 aliphatic heterocycles. The lowest BCUT2D eigenvalue weighted by Crippen LogP contribution is -2.04. The number of ether oxygens (including phenoxy) is 2. The summed E-state index contributed by atoms with van der Waals surface area (Å²) in [7, 11) is 1.67. The van der Waals surface area contributed by atoms with Crippen molar-refractivity contribution < 1.29 is 9.47 Å². The summed E-state index contributed by atoms with van der Waals surface area (Å²) in [6, 6.07) is 16.4. The third-order valence-corrected chi connectivity index (χ3v) is 4.14. The first kappa shape index (κ1) is 17.9. The van der Waals surface area contributed by atoms with E-state index in [4.69, 9.17) is 9.47 Å². The molecule has 2 rings (SSSR count). The SMILES string of the molecule is CCOc1ccc(C(C#N)Cc2cc(C(C)C)ccc2OC)cc1. The van der Waals surface area contributed by atoms with Gasteiger partial charge >= 0.3 is 0 Å². The lowest BCUT2D eigenvalue weighted by Gasteiger charge is -2.16. The Balaban J connectivity index is 2.26. The molecule has 0 spiro atoms. The molecule has 2 aromatic carbocycles. The summed E-state index contributed by atoms with van der Waals surface area (Å²) in [5.41, 5.74) is 3.33. The zero-order valence-electron chi connectivity index (χ0n) is 14.9. The molecule has 0 saturated carbocycles. The van der Waals surface area contributed by atoms with Crippen molar-refractivity contribution in [2.45, 2.75) is 39.0 Å². The van der Waals surface area contributed by atoms with E-state index in [2.05, 4.69) is 32.0 Å². The lowest BCUT2D eigenvalue weighted by atomic mass is 9.90. The predicted octanol–water partition coefficient (Wildman–Crippen LogP) is 5.07. The van der Waals surface area contributed by atoms with Crippen LogP contribution in [0.1, 0.15) is 49.3 Å². The fraction of sp³-hybridized carbons (Fsp3) is 0.381. The van der Waals surface area contributed by atoms with Crippen molar-refractivity contribution >= 4 is 0 Å². The lowest BCUT2D eigenvalue weighted by molar-refractivity contribution is 0.340. The molecule has 0 aliphatic carbocycles. The number of nitriles is 1. The Morgan fingerprint density at radius 2 is 1.71 bits per heavy atom. The van der Waals surface area contributed by atoms with Crippen molar-refractivity contribution in [3.63, 3.8) is 0 Å². The van der Waals surface area contributed by atoms with Gasteiger partial charge in [0.15, 0.2) is 0 Å². The minimum Gasteiger partial charge on any atom is -0.496 e. The zero-order valence-corrected chi connectivity index (χ0v) is 14.9. The molecular weight excluding hydrogens is 298 g/mol. The number of hydrogen-bond donors (Lipinski definition) is 0. The highest BCUT2D eigenvalue weighted by atomic mass is 16.5. The molecular formula is C21H25NO2. The van der Waals surface area contributed by atoms with Crippen LogP contribution in [0.3, 0.4) is 0 Å². The summed E-state index contributed by atoms with van der Waals surface area (Å²) in [4.78, 5) is 0. The highest BCUT2D eigenvalue weighted by Crippen LogP contribution is 2.30. The van der Waals surface area contributed by atoms with Crippen LogP contribution in [0.25, 0.3) is 0 Å². The van der Waals surface area contributed by atoms with E-state index >= 15 is 0 Å². The maximum absolute atomic E-state index is 9.63. The van der Waals surface area contributed by atoms with Gasteiger partial charge in [0.1, 0.15) is 11.5 Å². The normalized spacial score (nSPS) is 11.8. The Hall–Kier alpha value is -2.47. The second-order valence-electron chi connectivity index (χ2n) is 6.11. The van der Waals surface area contributed by atoms with Crippen LogP contribution in [0.5, 0.6) is 11.5 Å². The summed E-state index contributed by atoms with van der Waals surface area (Å²) in [5, 5.41) is 9.63. The fourth-order valence-electron chi connectivity index (χ4n) is 2.74. The first-order chi connectivity index (χ1) is 11.6. The molecule has 0 N–H and O–H groups in total. The van der Waals surface area contributed by atoms with Gasteiger partial charge in [-0.25, -0.2) is 0 Å². The van der Waals surface area contributed by atoms with E-state index in [1.807, 2.05) is 37.3 Å². The van der Waals surface area contributed by atoms with Crippen LogP contribution >= 0.6 is 0 Å². The molecule has 0 heterocycles. The highest BCUT2D eigenvalue weighted by molar-refractivity contribution is 5.41. The van der Waals surface area contributed by atoms with E-state index in [1.54, 1.807) is 7.11 Å². The van der Waals surface area contributed by atoms with Crippen LogP contribution in [0.2, 0.25) is 0 Å². The third kappa shape index (κ3) is 4.29. The number of rotatable bonds is 7. The van der Waals surface area contributed by atoms with Crippen LogP contribution in [0, 0.1) is 11.3 Å². The number of nitrogens with zero attached hydrogens (tertiary/aromatic N) is 1. The Labute approximate surface area is 144 Å². The van der Waals surface area contributed by atoms with Crippen molar-refractivity contribution in [2.75, 3.05) is 13.7 Å². The molecule has 0 bridgehead atoms. The molecule has 1 unspecified atom stereocenters. The zero-order chi connectivity index (χ0) is 17.5. The second-order valence-corrected chi connectivity index (χ2v) is 6.11. The Kier molecular flexibility index (Phi) is 6.26. The highest BCUT2D eigenvalue weighted by Gasteiger charge is 2.16. The molecule has 3 heteroatoms. The van der Waals surface area contributed by atoms with Crippen LogP contribution in [-0.4, -0.2) is 13.7 Å². The van der Waals surface area contributed by atoms with Gasteiger partial charge in [0, 0.05) is 0 Å². The summed E-state index contributed by atoms with van der Waals surface area (Å²) in [5.74, 6) is 1.90. The van der Waals surface area contributed by atoms with Crippen LogP contribution < -0.4 is 9.47 Å². The smallest absolute Gasteiger partial charge is 0.122 e. The van der Waals surface area contributed by atoms with Crippen LogP contribution in [0.15, 0.2) is 42.5 Å². The fourth-order valence-corrected chi connectivity index (χ4v) is 2.74. The minimum absolute atomic E-state index is 0.211. The van der Waals surface area contributed by atoms with Gasteiger partial charge in [0.25, 0.3) is 0 Å². The molecule has 24 heavy (non-hydrogen) atoms. The maximum atomic E-state index is 9.63. The summed E-state index contributed by atoms with van der Waals surface area (Å²) in [6.45, 7) is 6.93. The predicted molar refractivity (Wildman–Crippen MR) is 96.8 cm³/mol. The van der Waals surface area contributed by atoms with Crippen molar-refractivity contribution in [3.8, 4) is 17.6 Å². The Morgan fingerprint density at radius 3 is 2.25 bits per heavy atom. The van der Waals surface area contributed by atoms with Crippen molar-refractivity contribution in [1.29, 1.82) is 5.26 Å². The van der Waals surface area contributed by atoms with E-state index in [1.165, 1.54) is 5.56 Å². The maximum Gasteiger partial charge on any atom is 0.122 e. The summed E-state index contributed by atoms with van der Waals surface area (Å²) < 4.78 is 11.0. The van der Waals surface area contributed by atoms with Crippen molar-refractivity contribution in [2.24, 2.45) is 0 Å². The molecule has 0 saturated heterocycles. The van der Waals surface area contributed by atoms with Gasteiger partial charge in [-0.1, -0.05) is 38.1 Å². The molecule has 0 aliphatic rings. The van der Waals surface area contributed by atoms with E-state index < -0.39 is 0 Å². The van der Waals surface area contributed by atoms with E-state index in [0.29, 0.717) is 18.9 Å². The number of methoxy groups -OCH3 is 1. The van der Waals surface area contributed by atoms with Crippen molar-refractivity contribution in [3.05, 3.63) is 59.2 Å². The molecule has 2 aromatic rings. The van der Waals surface area contributed by atoms with Gasteiger partial charge in [-0.3, -0.25) is 0 Å². The Bertz CT molecular complexity index is 699. The topological polar surface area (TPSA) is 42.2 Å². The number of hydrogen-bond acceptors (Lipinski definition) is 3. The third-order valence-electron chi connectivity index (χ3n) is 4.14. The van der Waals surface area contributed by atoms with Crippen molar-refractivity contribution in [1.82, 2.24) is 0 Å². The van der Waals surface area contributed by atoms with E-state index in [9.17, 15) is 5.26 Å². The number of benzene rings is 2. The van der Waals surface area contributed by atoms with Gasteiger partial charge in [0.2, 0.25) is 0 Å². The first-order valence-electron chi connectivity index (χ1n) is 8.38. The standard InChI is InChI=1S/C21H25NO2/c1-5-24-20-9-6-16(7-10-20)19(14-22)13-18-12-17(15(2)3)8-11-21(18)23-4/h6-12,15,19H,5,13H2,1-4H3. The average molecular weight is 323 g/mol. The molecule has 1 atom stereocenters. The van der Waals surface area contributed by atoms with E-state index in [-0.39, 0.29) is 5.92 Å². The first-order valence-corrected chi connectivity index (χ1v) is 8.38. The van der Waals surface area contributed by atoms with Gasteiger partial charge < -0.3 is 9.47 Å². The quantitative estimate of drug-likeness (QED) is 0.714. The molecule has 3 nitrogen and oxygen atoms in total. The molecule has 0 amide bonds. The van der Waals surface area contributed by atoms with Gasteiger partial charge in [-0.15, -0.1) is 0 Å². The van der Waals surface area contributed by atoms with Gasteiger partial charge in [-0.2, -0.15) is 5.26 Å². The van der Waals surface area contributed by atoms with Gasteiger partial charge in [0.05, 0.1) is 25.7 Å². The summed E-state index contributed by atoms with van der Waals surface area (Å²) in [6.07, 6.45) is 0.633. The molecule has 0 aromatic heterocycles. The minimum atomic E-state index is -0.211. The monoisotopic (exact) mass is 323 g/mol. The van der Waals surface area contributed by atoms with E-state index in [0.717, 1.165) is 22.6 Å². The Morgan fingerprint density at radius 1 is 1.04 bits per heavy atom. The second kappa shape index (κ2) is 8.40. The summed E-state index contributed by atoms with van der Waals surface area (Å²) >= 11 is 0. The molecule has 126 valence electrons. The molecule has 0 fully saturated rings. The average Bonchev–Trinajstić information content (AvgIpc) is 2.60. The largest absolute Gasteiger partial charge is 0.496 e. The van der Waals surface area contributed by atoms with Crippen LogP contribution in [0.4, 0.5) is 0 Å².